The van der Waals surface area contributed by atoms with Crippen LogP contribution < -0.4 is 0 Å². The maximum Gasteiger partial charge on any atom is 0.233 e. The summed E-state index contributed by atoms with van der Waals surface area (Å²) >= 11 is 7.77. The van der Waals surface area contributed by atoms with Gasteiger partial charge >= 0.3 is 0 Å². The van der Waals surface area contributed by atoms with Crippen LogP contribution in [0.25, 0.3) is 0 Å². The normalized spacial score (nSPS) is 17.4. The van der Waals surface area contributed by atoms with E-state index < -0.39 is 0 Å². The van der Waals surface area contributed by atoms with Gasteiger partial charge < -0.3 is 4.90 Å². The summed E-state index contributed by atoms with van der Waals surface area (Å²) in [6, 6.07) is 13.8. The molecule has 0 radical (unpaired) electrons. The van der Waals surface area contributed by atoms with Crippen LogP contribution in [0.4, 0.5) is 0 Å². The molecule has 1 aromatic carbocycles. The van der Waals surface area contributed by atoms with Gasteiger partial charge in [0.25, 0.3) is 0 Å². The minimum atomic E-state index is 0.129. The number of halogens is 1. The summed E-state index contributed by atoms with van der Waals surface area (Å²) in [5.41, 5.74) is 2.07. The summed E-state index contributed by atoms with van der Waals surface area (Å²) in [4.78, 5) is 18.9. The van der Waals surface area contributed by atoms with Gasteiger partial charge in [0.05, 0.1) is 17.5 Å². The van der Waals surface area contributed by atoms with Gasteiger partial charge in [-0.15, -0.1) is 11.8 Å². The highest BCUT2D eigenvalue weighted by Crippen LogP contribution is 2.31. The van der Waals surface area contributed by atoms with Crippen molar-refractivity contribution in [1.82, 2.24) is 9.88 Å². The lowest BCUT2D eigenvalue weighted by atomic mass is 10.1. The summed E-state index contributed by atoms with van der Waals surface area (Å²) in [6.45, 7) is 0.826. The Balaban J connectivity index is 1.56. The van der Waals surface area contributed by atoms with E-state index in [2.05, 4.69) is 4.98 Å². The molecule has 0 bridgehead atoms. The second-order valence-corrected chi connectivity index (χ2v) is 6.98. The van der Waals surface area contributed by atoms with E-state index in [1.165, 1.54) is 0 Å². The van der Waals surface area contributed by atoms with Crippen molar-refractivity contribution in [2.75, 3.05) is 12.3 Å². The number of pyridine rings is 1. The van der Waals surface area contributed by atoms with Crippen molar-refractivity contribution in [1.29, 1.82) is 0 Å². The molecule has 1 amide bonds. The number of rotatable bonds is 5. The molecule has 0 N–H and O–H groups in total. The van der Waals surface area contributed by atoms with Gasteiger partial charge in [-0.05, 0) is 36.6 Å². The first-order valence-corrected chi connectivity index (χ1v) is 9.30. The minimum Gasteiger partial charge on any atom is -0.333 e. The van der Waals surface area contributed by atoms with Crippen LogP contribution in [-0.4, -0.2) is 28.1 Å². The Morgan fingerprint density at radius 2 is 2.09 bits per heavy atom. The molecule has 3 nitrogen and oxygen atoms in total. The molecule has 5 heteroatoms. The van der Waals surface area contributed by atoms with Crippen LogP contribution in [0.5, 0.6) is 0 Å². The number of thioether (sulfide) groups is 1. The molecule has 2 heterocycles. The Hall–Kier alpha value is -1.52. The van der Waals surface area contributed by atoms with Crippen molar-refractivity contribution < 1.29 is 4.79 Å². The first-order chi connectivity index (χ1) is 11.3. The lowest BCUT2D eigenvalue weighted by Gasteiger charge is -2.24. The molecular formula is C18H19ClN2OS. The number of amides is 1. The second kappa shape index (κ2) is 7.84. The molecule has 0 aliphatic carbocycles. The number of nitrogens with zero attached hydrogens (tertiary/aromatic N) is 2. The Labute approximate surface area is 146 Å². The fourth-order valence-corrected chi connectivity index (χ4v) is 4.09. The summed E-state index contributed by atoms with van der Waals surface area (Å²) in [5, 5.41) is 0.764. The molecule has 1 fully saturated rings. The molecule has 1 aromatic heterocycles. The zero-order valence-electron chi connectivity index (χ0n) is 12.8. The molecule has 120 valence electrons. The van der Waals surface area contributed by atoms with Crippen LogP contribution in [0.1, 0.15) is 30.1 Å². The standard InChI is InChI=1S/C18H19ClN2OS/c19-15-7-2-1-6-14(15)12-23-13-18(22)21-11-5-9-17(21)16-8-3-4-10-20-16/h1-4,6-8,10,17H,5,9,11-13H2. The lowest BCUT2D eigenvalue weighted by Crippen LogP contribution is -2.32. The molecular weight excluding hydrogens is 328 g/mol. The third kappa shape index (κ3) is 4.06. The first kappa shape index (κ1) is 16.3. The van der Waals surface area contributed by atoms with Crippen LogP contribution >= 0.6 is 23.4 Å². The molecule has 1 saturated heterocycles. The molecule has 23 heavy (non-hydrogen) atoms. The average Bonchev–Trinajstić information content (AvgIpc) is 3.07. The van der Waals surface area contributed by atoms with E-state index >= 15 is 0 Å². The Morgan fingerprint density at radius 1 is 1.26 bits per heavy atom. The molecule has 1 aliphatic rings. The van der Waals surface area contributed by atoms with Crippen LogP contribution in [0.2, 0.25) is 5.02 Å². The van der Waals surface area contributed by atoms with Gasteiger partial charge in [-0.2, -0.15) is 0 Å². The molecule has 0 saturated carbocycles. The summed E-state index contributed by atoms with van der Waals surface area (Å²) in [5.74, 6) is 1.43. The SMILES string of the molecule is O=C(CSCc1ccccc1Cl)N1CCCC1c1ccccn1. The van der Waals surface area contributed by atoms with Crippen molar-refractivity contribution in [2.24, 2.45) is 0 Å². The zero-order chi connectivity index (χ0) is 16.1. The van der Waals surface area contributed by atoms with Gasteiger partial charge in [0.15, 0.2) is 0 Å². The maximum atomic E-state index is 12.5. The highest BCUT2D eigenvalue weighted by atomic mass is 35.5. The Morgan fingerprint density at radius 3 is 2.87 bits per heavy atom. The van der Waals surface area contributed by atoms with E-state index in [-0.39, 0.29) is 11.9 Å². The second-order valence-electron chi connectivity index (χ2n) is 5.58. The van der Waals surface area contributed by atoms with E-state index in [0.29, 0.717) is 5.75 Å². The highest BCUT2D eigenvalue weighted by molar-refractivity contribution is 7.99. The van der Waals surface area contributed by atoms with Crippen molar-refractivity contribution in [3.05, 3.63) is 64.9 Å². The smallest absolute Gasteiger partial charge is 0.233 e. The number of benzene rings is 1. The number of likely N-dealkylation sites (tertiary alicyclic amines) is 1. The summed E-state index contributed by atoms with van der Waals surface area (Å²) in [7, 11) is 0. The zero-order valence-corrected chi connectivity index (χ0v) is 14.4. The molecule has 1 unspecified atom stereocenters. The fourth-order valence-electron chi connectivity index (χ4n) is 2.89. The largest absolute Gasteiger partial charge is 0.333 e. The summed E-state index contributed by atoms with van der Waals surface area (Å²) < 4.78 is 0. The van der Waals surface area contributed by atoms with Gasteiger partial charge in [-0.3, -0.25) is 9.78 Å². The van der Waals surface area contributed by atoms with E-state index in [1.54, 1.807) is 18.0 Å². The number of aromatic nitrogens is 1. The van der Waals surface area contributed by atoms with Gasteiger partial charge in [0.1, 0.15) is 0 Å². The number of carbonyl (C=O) groups is 1. The van der Waals surface area contributed by atoms with E-state index in [0.717, 1.165) is 41.4 Å². The monoisotopic (exact) mass is 346 g/mol. The maximum absolute atomic E-state index is 12.5. The number of carbonyl (C=O) groups excluding carboxylic acids is 1. The highest BCUT2D eigenvalue weighted by Gasteiger charge is 2.30. The minimum absolute atomic E-state index is 0.129. The fraction of sp³-hybridized carbons (Fsp3) is 0.333. The van der Waals surface area contributed by atoms with Crippen LogP contribution in [-0.2, 0) is 10.5 Å². The predicted octanol–water partition coefficient (Wildman–Crippen LogP) is 4.33. The molecule has 3 rings (SSSR count). The number of hydrogen-bond acceptors (Lipinski definition) is 3. The van der Waals surface area contributed by atoms with Crippen molar-refractivity contribution in [3.63, 3.8) is 0 Å². The Bertz CT molecular complexity index is 665. The lowest BCUT2D eigenvalue weighted by molar-refractivity contribution is -0.129. The van der Waals surface area contributed by atoms with Crippen molar-refractivity contribution in [3.8, 4) is 0 Å². The molecule has 2 aromatic rings. The topological polar surface area (TPSA) is 33.2 Å². The third-order valence-electron chi connectivity index (χ3n) is 4.04. The van der Waals surface area contributed by atoms with Gasteiger partial charge in [0, 0.05) is 23.5 Å². The van der Waals surface area contributed by atoms with Crippen LogP contribution in [0.15, 0.2) is 48.7 Å². The summed E-state index contributed by atoms with van der Waals surface area (Å²) in [6.07, 6.45) is 3.84. The van der Waals surface area contributed by atoms with Crippen molar-refractivity contribution >= 4 is 29.3 Å². The van der Waals surface area contributed by atoms with Crippen molar-refractivity contribution in [2.45, 2.75) is 24.6 Å². The van der Waals surface area contributed by atoms with Gasteiger partial charge in [-0.1, -0.05) is 35.9 Å². The Kier molecular flexibility index (Phi) is 5.57. The third-order valence-corrected chi connectivity index (χ3v) is 5.38. The number of hydrogen-bond donors (Lipinski definition) is 0. The van der Waals surface area contributed by atoms with Crippen LogP contribution in [0, 0.1) is 0 Å². The molecule has 0 spiro atoms. The van der Waals surface area contributed by atoms with E-state index in [9.17, 15) is 4.79 Å². The predicted molar refractivity (Wildman–Crippen MR) is 95.5 cm³/mol. The van der Waals surface area contributed by atoms with Gasteiger partial charge in [-0.25, -0.2) is 0 Å². The average molecular weight is 347 g/mol. The van der Waals surface area contributed by atoms with Crippen LogP contribution in [0.3, 0.4) is 0 Å². The van der Waals surface area contributed by atoms with E-state index in [1.807, 2.05) is 47.4 Å². The first-order valence-electron chi connectivity index (χ1n) is 7.77. The molecule has 1 atom stereocenters. The van der Waals surface area contributed by atoms with Gasteiger partial charge in [0.2, 0.25) is 5.91 Å². The van der Waals surface area contributed by atoms with E-state index in [4.69, 9.17) is 11.6 Å². The quantitative estimate of drug-likeness (QED) is 0.807. The molecule has 1 aliphatic heterocycles.